The minimum atomic E-state index is -1.15. The van der Waals surface area contributed by atoms with Gasteiger partial charge in [-0.25, -0.2) is 4.79 Å². The highest BCUT2D eigenvalue weighted by Crippen LogP contribution is 2.32. The highest BCUT2D eigenvalue weighted by Gasteiger charge is 2.14. The molecule has 5 nitrogen and oxygen atoms in total. The average Bonchev–Trinajstić information content (AvgIpc) is 2.30. The van der Waals surface area contributed by atoms with Crippen LogP contribution in [-0.2, 0) is 0 Å². The van der Waals surface area contributed by atoms with E-state index in [1.54, 1.807) is 0 Å². The molecule has 0 aromatic heterocycles. The van der Waals surface area contributed by atoms with Gasteiger partial charge in [-0.15, -0.1) is 0 Å². The van der Waals surface area contributed by atoms with E-state index in [-0.39, 0.29) is 30.0 Å². The van der Waals surface area contributed by atoms with Crippen LogP contribution in [0.1, 0.15) is 16.8 Å². The number of alkyl halides is 1. The lowest BCUT2D eigenvalue weighted by Crippen LogP contribution is -2.06. The second-order valence-corrected chi connectivity index (χ2v) is 3.29. The molecule has 0 aliphatic carbocycles. The van der Waals surface area contributed by atoms with Gasteiger partial charge in [-0.1, -0.05) is 0 Å². The summed E-state index contributed by atoms with van der Waals surface area (Å²) < 4.78 is 22.2. The van der Waals surface area contributed by atoms with Gasteiger partial charge in [-0.3, -0.25) is 4.39 Å². The molecule has 0 unspecified atom stereocenters. The third-order valence-corrected chi connectivity index (χ3v) is 2.10. The van der Waals surface area contributed by atoms with Crippen LogP contribution in [0.5, 0.6) is 11.5 Å². The average molecular weight is 243 g/mol. The summed E-state index contributed by atoms with van der Waals surface area (Å²) in [5.41, 5.74) is 5.57. The number of methoxy groups -OCH3 is 1. The van der Waals surface area contributed by atoms with Crippen molar-refractivity contribution in [2.75, 3.05) is 26.1 Å². The highest BCUT2D eigenvalue weighted by atomic mass is 19.1. The van der Waals surface area contributed by atoms with Gasteiger partial charge in [0.15, 0.2) is 11.5 Å². The first kappa shape index (κ1) is 13.1. The van der Waals surface area contributed by atoms with Gasteiger partial charge in [0.2, 0.25) is 0 Å². The fraction of sp³-hybridized carbons (Fsp3) is 0.364. The topological polar surface area (TPSA) is 81.8 Å². The maximum Gasteiger partial charge on any atom is 0.337 e. The van der Waals surface area contributed by atoms with Crippen LogP contribution in [0, 0.1) is 0 Å². The SMILES string of the molecule is COc1cc(N)c(C(=O)O)cc1OCCCF. The maximum atomic E-state index is 11.9. The summed E-state index contributed by atoms with van der Waals surface area (Å²) >= 11 is 0. The zero-order valence-electron chi connectivity index (χ0n) is 9.40. The first-order valence-corrected chi connectivity index (χ1v) is 4.99. The van der Waals surface area contributed by atoms with Crippen molar-refractivity contribution in [1.29, 1.82) is 0 Å². The van der Waals surface area contributed by atoms with Crippen molar-refractivity contribution in [3.63, 3.8) is 0 Å². The predicted molar refractivity (Wildman–Crippen MR) is 60.5 cm³/mol. The van der Waals surface area contributed by atoms with Crippen molar-refractivity contribution >= 4 is 11.7 Å². The number of rotatable bonds is 6. The summed E-state index contributed by atoms with van der Waals surface area (Å²) in [5.74, 6) is -0.584. The van der Waals surface area contributed by atoms with Gasteiger partial charge in [0.1, 0.15) is 0 Å². The Morgan fingerprint density at radius 2 is 2.18 bits per heavy atom. The fourth-order valence-electron chi connectivity index (χ4n) is 1.27. The number of anilines is 1. The number of ether oxygens (including phenoxy) is 2. The second-order valence-electron chi connectivity index (χ2n) is 3.29. The van der Waals surface area contributed by atoms with Crippen LogP contribution in [0.15, 0.2) is 12.1 Å². The van der Waals surface area contributed by atoms with Crippen LogP contribution in [0.4, 0.5) is 10.1 Å². The quantitative estimate of drug-likeness (QED) is 0.587. The molecule has 0 saturated heterocycles. The number of carboxylic acid groups (broad SMARTS) is 1. The zero-order chi connectivity index (χ0) is 12.8. The van der Waals surface area contributed by atoms with Gasteiger partial charge in [0, 0.05) is 18.6 Å². The molecule has 0 radical (unpaired) electrons. The lowest BCUT2D eigenvalue weighted by atomic mass is 10.1. The Hall–Kier alpha value is -1.98. The molecule has 0 aliphatic rings. The maximum absolute atomic E-state index is 11.9. The van der Waals surface area contributed by atoms with E-state index in [2.05, 4.69) is 0 Å². The number of carbonyl (C=O) groups is 1. The Morgan fingerprint density at radius 3 is 2.71 bits per heavy atom. The Morgan fingerprint density at radius 1 is 1.47 bits per heavy atom. The van der Waals surface area contributed by atoms with E-state index in [0.29, 0.717) is 5.75 Å². The van der Waals surface area contributed by atoms with Crippen LogP contribution in [0.3, 0.4) is 0 Å². The van der Waals surface area contributed by atoms with Gasteiger partial charge >= 0.3 is 5.97 Å². The summed E-state index contributed by atoms with van der Waals surface area (Å²) in [6, 6.07) is 2.64. The van der Waals surface area contributed by atoms with Crippen LogP contribution >= 0.6 is 0 Å². The van der Waals surface area contributed by atoms with Crippen molar-refractivity contribution in [3.8, 4) is 11.5 Å². The number of nitrogens with two attached hydrogens (primary N) is 1. The van der Waals surface area contributed by atoms with Crippen molar-refractivity contribution in [1.82, 2.24) is 0 Å². The molecule has 0 atom stereocenters. The number of hydrogen-bond acceptors (Lipinski definition) is 4. The molecule has 0 fully saturated rings. The molecular weight excluding hydrogens is 229 g/mol. The summed E-state index contributed by atoms with van der Waals surface area (Å²) in [6.07, 6.45) is 0.232. The smallest absolute Gasteiger partial charge is 0.337 e. The van der Waals surface area contributed by atoms with E-state index in [1.807, 2.05) is 0 Å². The number of nitrogen functional groups attached to an aromatic ring is 1. The summed E-state index contributed by atoms with van der Waals surface area (Å²) in [5, 5.41) is 8.89. The third-order valence-electron chi connectivity index (χ3n) is 2.10. The molecule has 94 valence electrons. The number of hydrogen-bond donors (Lipinski definition) is 2. The summed E-state index contributed by atoms with van der Waals surface area (Å²) in [6.45, 7) is -0.348. The Labute approximate surface area is 97.9 Å². The van der Waals surface area contributed by atoms with Gasteiger partial charge < -0.3 is 20.3 Å². The molecule has 1 aromatic carbocycles. The second kappa shape index (κ2) is 5.93. The Kier molecular flexibility index (Phi) is 4.56. The molecule has 6 heteroatoms. The molecule has 3 N–H and O–H groups in total. The predicted octanol–water partition coefficient (Wildman–Crippen LogP) is 1.71. The molecule has 0 heterocycles. The monoisotopic (exact) mass is 243 g/mol. The van der Waals surface area contributed by atoms with E-state index >= 15 is 0 Å². The first-order chi connectivity index (χ1) is 8.10. The number of halogens is 1. The van der Waals surface area contributed by atoms with Crippen molar-refractivity contribution in [2.45, 2.75) is 6.42 Å². The van der Waals surface area contributed by atoms with Gasteiger partial charge in [-0.2, -0.15) is 0 Å². The Bertz CT molecular complexity index is 409. The minimum absolute atomic E-state index is 0.0685. The molecular formula is C11H14FNO4. The highest BCUT2D eigenvalue weighted by molar-refractivity contribution is 5.94. The van der Waals surface area contributed by atoms with Crippen LogP contribution in [-0.4, -0.2) is 31.5 Å². The van der Waals surface area contributed by atoms with Crippen LogP contribution < -0.4 is 15.2 Å². The zero-order valence-corrected chi connectivity index (χ0v) is 9.40. The lowest BCUT2D eigenvalue weighted by Gasteiger charge is -2.12. The normalized spacial score (nSPS) is 10.0. The first-order valence-electron chi connectivity index (χ1n) is 4.99. The van der Waals surface area contributed by atoms with E-state index in [0.717, 1.165) is 0 Å². The van der Waals surface area contributed by atoms with E-state index in [9.17, 15) is 9.18 Å². The van der Waals surface area contributed by atoms with Crippen LogP contribution in [0.25, 0.3) is 0 Å². The van der Waals surface area contributed by atoms with Crippen molar-refractivity contribution in [2.24, 2.45) is 0 Å². The fourth-order valence-corrected chi connectivity index (χ4v) is 1.27. The summed E-state index contributed by atoms with van der Waals surface area (Å²) in [7, 11) is 1.41. The molecule has 17 heavy (non-hydrogen) atoms. The molecule has 0 aliphatic heterocycles. The number of carboxylic acids is 1. The third kappa shape index (κ3) is 3.24. The number of aromatic carboxylic acids is 1. The van der Waals surface area contributed by atoms with Crippen molar-refractivity contribution in [3.05, 3.63) is 17.7 Å². The van der Waals surface area contributed by atoms with Gasteiger partial charge in [-0.05, 0) is 0 Å². The molecule has 0 saturated carbocycles. The molecule has 0 amide bonds. The van der Waals surface area contributed by atoms with E-state index in [4.69, 9.17) is 20.3 Å². The molecule has 0 spiro atoms. The van der Waals surface area contributed by atoms with Crippen molar-refractivity contribution < 1.29 is 23.8 Å². The molecule has 1 aromatic rings. The Balaban J connectivity index is 2.99. The standard InChI is InChI=1S/C11H14FNO4/c1-16-9-6-8(13)7(11(14)15)5-10(9)17-4-2-3-12/h5-6H,2-4,13H2,1H3,(H,14,15). The largest absolute Gasteiger partial charge is 0.493 e. The van der Waals surface area contributed by atoms with Gasteiger partial charge in [0.05, 0.1) is 31.6 Å². The lowest BCUT2D eigenvalue weighted by molar-refractivity contribution is 0.0697. The number of benzene rings is 1. The van der Waals surface area contributed by atoms with Gasteiger partial charge in [0.25, 0.3) is 0 Å². The van der Waals surface area contributed by atoms with E-state index in [1.165, 1.54) is 19.2 Å². The van der Waals surface area contributed by atoms with Crippen LogP contribution in [0.2, 0.25) is 0 Å². The summed E-state index contributed by atoms with van der Waals surface area (Å²) in [4.78, 5) is 10.9. The van der Waals surface area contributed by atoms with E-state index < -0.39 is 12.6 Å². The molecule has 0 bridgehead atoms. The molecule has 1 rings (SSSR count). The minimum Gasteiger partial charge on any atom is -0.493 e.